The molecule has 0 amide bonds. The monoisotopic (exact) mass is 438 g/mol. The van der Waals surface area contributed by atoms with Crippen LogP contribution < -0.4 is 15.1 Å². The lowest BCUT2D eigenvalue weighted by Crippen LogP contribution is -2.40. The zero-order valence-electron chi connectivity index (χ0n) is 18.7. The number of benzene rings is 2. The molecule has 9 heteroatoms. The molecule has 0 radical (unpaired) electrons. The second-order valence-corrected chi connectivity index (χ2v) is 7.93. The summed E-state index contributed by atoms with van der Waals surface area (Å²) in [7, 11) is 2.33. The molecule has 0 bridgehead atoms. The van der Waals surface area contributed by atoms with Crippen LogP contribution >= 0.6 is 0 Å². The zero-order chi connectivity index (χ0) is 23.2. The molecule has 4 nitrogen and oxygen atoms in total. The smallest absolute Gasteiger partial charge is 0.418 e. The van der Waals surface area contributed by atoms with Gasteiger partial charge in [-0.2, -0.15) is 0 Å². The molecule has 0 unspecified atom stereocenters. The van der Waals surface area contributed by atoms with Gasteiger partial charge in [0.25, 0.3) is 0 Å². The molecule has 1 aliphatic heterocycles. The van der Waals surface area contributed by atoms with Crippen molar-refractivity contribution < 1.29 is 21.8 Å². The van der Waals surface area contributed by atoms with Gasteiger partial charge in [-0.25, -0.2) is 0 Å². The number of nitrogens with zero attached hydrogens (tertiary/aromatic N) is 3. The van der Waals surface area contributed by atoms with E-state index in [4.69, 9.17) is 0 Å². The molecule has 0 aromatic heterocycles. The van der Waals surface area contributed by atoms with Crippen molar-refractivity contribution >= 4 is 24.5 Å². The molecule has 0 aliphatic carbocycles. The third-order valence-corrected chi connectivity index (χ3v) is 5.15. The van der Waals surface area contributed by atoms with Crippen LogP contribution in [-0.2, 0) is 0 Å². The van der Waals surface area contributed by atoms with Gasteiger partial charge in [-0.05, 0) is 24.3 Å². The zero-order valence-corrected chi connectivity index (χ0v) is 18.7. The van der Waals surface area contributed by atoms with Crippen molar-refractivity contribution in [2.45, 2.75) is 19.4 Å². The average molecular weight is 438 g/mol. The summed E-state index contributed by atoms with van der Waals surface area (Å²) in [5, 5.41) is 3.54. The van der Waals surface area contributed by atoms with Gasteiger partial charge in [-0.3, -0.25) is 9.89 Å². The first-order valence-electron chi connectivity index (χ1n) is 10.2. The molecule has 0 saturated carbocycles. The van der Waals surface area contributed by atoms with Crippen LogP contribution in [0.1, 0.15) is 30.5 Å². The lowest BCUT2D eigenvalue weighted by molar-refractivity contribution is -0.568. The summed E-state index contributed by atoms with van der Waals surface area (Å²) >= 11 is 0. The normalized spacial score (nSPS) is 14.0. The van der Waals surface area contributed by atoms with E-state index < -0.39 is 7.25 Å². The minimum Gasteiger partial charge on any atom is -0.418 e. The number of anilines is 2. The SMILES string of the molecule is CC1=[N+](C(c2ccc(N(C)C)cc2)c2ccc(N(C)C)cc2)CCCN1.F[B-](F)(F)F. The number of amidine groups is 1. The van der Waals surface area contributed by atoms with Gasteiger partial charge in [0, 0.05) is 64.0 Å². The van der Waals surface area contributed by atoms with Gasteiger partial charge in [-0.15, -0.1) is 0 Å². The summed E-state index contributed by atoms with van der Waals surface area (Å²) in [5.74, 6) is 1.26. The van der Waals surface area contributed by atoms with Crippen LogP contribution in [-0.4, -0.2) is 58.9 Å². The number of hydrogen-bond acceptors (Lipinski definition) is 3. The molecule has 0 saturated heterocycles. The van der Waals surface area contributed by atoms with Gasteiger partial charge in [0.15, 0.2) is 0 Å². The first-order valence-corrected chi connectivity index (χ1v) is 10.2. The quantitative estimate of drug-likeness (QED) is 0.418. The Bertz CT molecular complexity index is 805. The molecule has 0 spiro atoms. The van der Waals surface area contributed by atoms with Gasteiger partial charge in [0.05, 0.1) is 13.1 Å². The fourth-order valence-corrected chi connectivity index (χ4v) is 3.57. The predicted molar refractivity (Wildman–Crippen MR) is 122 cm³/mol. The van der Waals surface area contributed by atoms with Crippen LogP contribution in [0.15, 0.2) is 48.5 Å². The molecule has 1 N–H and O–H groups in total. The number of rotatable bonds is 5. The molecule has 0 atom stereocenters. The highest BCUT2D eigenvalue weighted by atomic mass is 19.5. The van der Waals surface area contributed by atoms with E-state index in [-0.39, 0.29) is 6.04 Å². The Labute approximate surface area is 182 Å². The number of halogens is 4. The van der Waals surface area contributed by atoms with Crippen LogP contribution in [0.2, 0.25) is 0 Å². The second kappa shape index (κ2) is 10.5. The van der Waals surface area contributed by atoms with E-state index >= 15 is 0 Å². The molecular weight excluding hydrogens is 407 g/mol. The van der Waals surface area contributed by atoms with E-state index in [0.717, 1.165) is 13.1 Å². The van der Waals surface area contributed by atoms with Gasteiger partial charge in [-0.1, -0.05) is 24.3 Å². The Morgan fingerprint density at radius 1 is 0.806 bits per heavy atom. The van der Waals surface area contributed by atoms with Crippen molar-refractivity contribution in [3.8, 4) is 0 Å². The molecule has 2 aromatic rings. The Morgan fingerprint density at radius 2 is 1.19 bits per heavy atom. The standard InChI is InChI=1S/C22H30N4.BF4/c1-17-23-15-6-16-26(17)22(18-7-11-20(12-8-18)24(2)3)19-9-13-21(14-10-19)25(4)5;2-1(3,4)5/h7-14,22H,6,15-16H2,1-5H3;/q;-1/p+1. The van der Waals surface area contributed by atoms with E-state index in [1.54, 1.807) is 0 Å². The van der Waals surface area contributed by atoms with E-state index in [1.807, 2.05) is 0 Å². The minimum atomic E-state index is -6.00. The summed E-state index contributed by atoms with van der Waals surface area (Å²) < 4.78 is 41.5. The molecule has 170 valence electrons. The summed E-state index contributed by atoms with van der Waals surface area (Å²) in [6.07, 6.45) is 1.17. The fraction of sp³-hybridized carbons (Fsp3) is 0.409. The highest BCUT2D eigenvalue weighted by molar-refractivity contribution is 6.50. The van der Waals surface area contributed by atoms with Gasteiger partial charge < -0.3 is 27.1 Å². The van der Waals surface area contributed by atoms with Crippen molar-refractivity contribution in [2.75, 3.05) is 51.1 Å². The summed E-state index contributed by atoms with van der Waals surface area (Å²) in [6.45, 7) is 4.33. The third-order valence-electron chi connectivity index (χ3n) is 5.15. The van der Waals surface area contributed by atoms with Crippen LogP contribution in [0.5, 0.6) is 0 Å². The van der Waals surface area contributed by atoms with Gasteiger partial charge >= 0.3 is 7.25 Å². The lowest BCUT2D eigenvalue weighted by atomic mass is 9.96. The number of hydrogen-bond donors (Lipinski definition) is 1. The fourth-order valence-electron chi connectivity index (χ4n) is 3.57. The van der Waals surface area contributed by atoms with E-state index in [2.05, 4.69) is 103 Å². The van der Waals surface area contributed by atoms with Crippen molar-refractivity contribution in [1.29, 1.82) is 0 Å². The van der Waals surface area contributed by atoms with E-state index in [1.165, 1.54) is 34.8 Å². The van der Waals surface area contributed by atoms with Crippen LogP contribution in [0, 0.1) is 0 Å². The second-order valence-electron chi connectivity index (χ2n) is 7.93. The Hall–Kier alpha value is -2.71. The first kappa shape index (κ1) is 24.6. The summed E-state index contributed by atoms with van der Waals surface area (Å²) in [4.78, 5) is 4.29. The van der Waals surface area contributed by atoms with Gasteiger partial charge in [0.2, 0.25) is 5.84 Å². The molecule has 31 heavy (non-hydrogen) atoms. The molecule has 1 heterocycles. The Kier molecular flexibility index (Phi) is 8.36. The maximum atomic E-state index is 9.75. The molecule has 1 aliphatic rings. The molecular formula is C22H31BF4N4. The van der Waals surface area contributed by atoms with Crippen LogP contribution in [0.25, 0.3) is 0 Å². The maximum absolute atomic E-state index is 9.75. The topological polar surface area (TPSA) is 21.5 Å². The van der Waals surface area contributed by atoms with Crippen molar-refractivity contribution in [3.05, 3.63) is 59.7 Å². The van der Waals surface area contributed by atoms with Gasteiger partial charge in [0.1, 0.15) is 6.04 Å². The Balaban J connectivity index is 0.000000614. The lowest BCUT2D eigenvalue weighted by Gasteiger charge is -2.26. The summed E-state index contributed by atoms with van der Waals surface area (Å²) in [6, 6.07) is 18.1. The Morgan fingerprint density at radius 3 is 1.52 bits per heavy atom. The summed E-state index contributed by atoms with van der Waals surface area (Å²) in [5.41, 5.74) is 5.12. The maximum Gasteiger partial charge on any atom is 0.673 e. The van der Waals surface area contributed by atoms with E-state index in [9.17, 15) is 17.3 Å². The van der Waals surface area contributed by atoms with Crippen molar-refractivity contribution in [3.63, 3.8) is 0 Å². The van der Waals surface area contributed by atoms with Crippen molar-refractivity contribution in [2.24, 2.45) is 0 Å². The average Bonchev–Trinajstić information content (AvgIpc) is 2.69. The number of nitrogens with one attached hydrogen (secondary N) is 1. The molecule has 2 aromatic carbocycles. The van der Waals surface area contributed by atoms with Crippen molar-refractivity contribution in [1.82, 2.24) is 5.32 Å². The highest BCUT2D eigenvalue weighted by Gasteiger charge is 2.26. The minimum absolute atomic E-state index is 0.232. The highest BCUT2D eigenvalue weighted by Crippen LogP contribution is 2.29. The molecule has 0 fully saturated rings. The first-order chi connectivity index (χ1) is 14.5. The molecule has 3 rings (SSSR count). The third kappa shape index (κ3) is 7.49. The van der Waals surface area contributed by atoms with E-state index in [0.29, 0.717) is 0 Å². The van der Waals surface area contributed by atoms with Crippen LogP contribution in [0.4, 0.5) is 28.6 Å². The van der Waals surface area contributed by atoms with Crippen LogP contribution in [0.3, 0.4) is 0 Å². The largest absolute Gasteiger partial charge is 0.673 e. The predicted octanol–water partition coefficient (Wildman–Crippen LogP) is 4.63.